The molecular weight excluding hydrogens is 218 g/mol. The molecule has 1 rings (SSSR count). The summed E-state index contributed by atoms with van der Waals surface area (Å²) in [6.45, 7) is -0.104. The minimum atomic E-state index is -1.24. The number of hydrogen-bond donors (Lipinski definition) is 1. The highest BCUT2D eigenvalue weighted by atomic mass is 19.1. The van der Waals surface area contributed by atoms with E-state index in [-0.39, 0.29) is 17.7 Å². The van der Waals surface area contributed by atoms with Gasteiger partial charge in [0.1, 0.15) is 11.6 Å². The van der Waals surface area contributed by atoms with Crippen molar-refractivity contribution in [3.8, 4) is 0 Å². The van der Waals surface area contributed by atoms with E-state index >= 15 is 0 Å². The van der Waals surface area contributed by atoms with Crippen molar-refractivity contribution in [1.29, 1.82) is 0 Å². The zero-order valence-corrected chi connectivity index (χ0v) is 8.54. The van der Waals surface area contributed by atoms with Crippen LogP contribution in [-0.4, -0.2) is 24.8 Å². The van der Waals surface area contributed by atoms with Gasteiger partial charge in [0.25, 0.3) is 0 Å². The van der Waals surface area contributed by atoms with Crippen LogP contribution in [0.25, 0.3) is 5.57 Å². The van der Waals surface area contributed by atoms with Crippen LogP contribution in [0.4, 0.5) is 8.78 Å². The maximum atomic E-state index is 13.3. The van der Waals surface area contributed by atoms with Crippen molar-refractivity contribution < 1.29 is 23.4 Å². The number of carboxylic acids is 1. The third-order valence-electron chi connectivity index (χ3n) is 1.87. The van der Waals surface area contributed by atoms with Gasteiger partial charge in [0, 0.05) is 18.7 Å². The first kappa shape index (κ1) is 12.3. The topological polar surface area (TPSA) is 46.5 Å². The van der Waals surface area contributed by atoms with Gasteiger partial charge in [0.05, 0.1) is 6.61 Å². The predicted octanol–water partition coefficient (Wildman–Crippen LogP) is 2.08. The molecule has 0 amide bonds. The fraction of sp³-hybridized carbons (Fsp3) is 0.182. The summed E-state index contributed by atoms with van der Waals surface area (Å²) in [7, 11) is 1.34. The van der Waals surface area contributed by atoms with Crippen LogP contribution in [0, 0.1) is 11.6 Å². The highest BCUT2D eigenvalue weighted by Gasteiger charge is 2.10. The van der Waals surface area contributed by atoms with E-state index in [1.165, 1.54) is 7.11 Å². The van der Waals surface area contributed by atoms with E-state index in [0.29, 0.717) is 0 Å². The Bertz CT molecular complexity index is 427. The van der Waals surface area contributed by atoms with Crippen molar-refractivity contribution in [2.24, 2.45) is 0 Å². The summed E-state index contributed by atoms with van der Waals surface area (Å²) >= 11 is 0. The molecule has 0 radical (unpaired) electrons. The molecule has 0 saturated carbocycles. The molecule has 0 aliphatic rings. The quantitative estimate of drug-likeness (QED) is 0.802. The molecule has 0 atom stereocenters. The number of methoxy groups -OCH3 is 1. The Morgan fingerprint density at radius 3 is 2.75 bits per heavy atom. The van der Waals surface area contributed by atoms with Crippen molar-refractivity contribution in [2.75, 3.05) is 13.7 Å². The maximum Gasteiger partial charge on any atom is 0.328 e. The van der Waals surface area contributed by atoms with Gasteiger partial charge in [-0.25, -0.2) is 13.6 Å². The van der Waals surface area contributed by atoms with Gasteiger partial charge >= 0.3 is 5.97 Å². The second-order valence-electron chi connectivity index (χ2n) is 3.06. The maximum absolute atomic E-state index is 13.3. The monoisotopic (exact) mass is 228 g/mol. The lowest BCUT2D eigenvalue weighted by Gasteiger charge is -2.07. The summed E-state index contributed by atoms with van der Waals surface area (Å²) in [6.07, 6.45) is 0.793. The Morgan fingerprint density at radius 1 is 1.50 bits per heavy atom. The summed E-state index contributed by atoms with van der Waals surface area (Å²) in [5.41, 5.74) is -0.0312. The van der Waals surface area contributed by atoms with Crippen LogP contribution in [0.2, 0.25) is 0 Å². The molecule has 3 nitrogen and oxygen atoms in total. The first-order chi connectivity index (χ1) is 7.54. The zero-order valence-electron chi connectivity index (χ0n) is 8.54. The number of ether oxygens (including phenoxy) is 1. The SMILES string of the molecule is COC/C(=C\C(=O)O)c1cc(F)ccc1F. The minimum absolute atomic E-state index is 0.0759. The molecule has 86 valence electrons. The molecule has 16 heavy (non-hydrogen) atoms. The Kier molecular flexibility index (Phi) is 4.13. The molecule has 1 aromatic rings. The number of benzene rings is 1. The van der Waals surface area contributed by atoms with Gasteiger partial charge in [-0.05, 0) is 23.8 Å². The summed E-state index contributed by atoms with van der Waals surface area (Å²) < 4.78 is 31.0. The number of carboxylic acid groups (broad SMARTS) is 1. The van der Waals surface area contributed by atoms with Crippen LogP contribution in [0.1, 0.15) is 5.56 Å². The fourth-order valence-electron chi connectivity index (χ4n) is 1.25. The van der Waals surface area contributed by atoms with Crippen molar-refractivity contribution in [3.63, 3.8) is 0 Å². The molecule has 0 unspecified atom stereocenters. The van der Waals surface area contributed by atoms with Crippen LogP contribution >= 0.6 is 0 Å². The second-order valence-corrected chi connectivity index (χ2v) is 3.06. The van der Waals surface area contributed by atoms with Gasteiger partial charge in [0.2, 0.25) is 0 Å². The molecular formula is C11H10F2O3. The number of aliphatic carboxylic acids is 1. The van der Waals surface area contributed by atoms with E-state index in [4.69, 9.17) is 9.84 Å². The number of hydrogen-bond acceptors (Lipinski definition) is 2. The number of carbonyl (C=O) groups is 1. The van der Waals surface area contributed by atoms with E-state index in [1.807, 2.05) is 0 Å². The largest absolute Gasteiger partial charge is 0.478 e. The van der Waals surface area contributed by atoms with Crippen molar-refractivity contribution in [2.45, 2.75) is 0 Å². The Labute approximate surface area is 91.0 Å². The average Bonchev–Trinajstić information content (AvgIpc) is 2.20. The highest BCUT2D eigenvalue weighted by Crippen LogP contribution is 2.19. The predicted molar refractivity (Wildman–Crippen MR) is 53.8 cm³/mol. The first-order valence-corrected chi connectivity index (χ1v) is 4.42. The molecule has 0 spiro atoms. The lowest BCUT2D eigenvalue weighted by molar-refractivity contribution is -0.131. The van der Waals surface area contributed by atoms with Gasteiger partial charge in [-0.2, -0.15) is 0 Å². The smallest absolute Gasteiger partial charge is 0.328 e. The Hall–Kier alpha value is -1.75. The van der Waals surface area contributed by atoms with Crippen LogP contribution in [0.5, 0.6) is 0 Å². The molecule has 0 aliphatic heterocycles. The average molecular weight is 228 g/mol. The Morgan fingerprint density at radius 2 is 2.19 bits per heavy atom. The minimum Gasteiger partial charge on any atom is -0.478 e. The van der Waals surface area contributed by atoms with Crippen molar-refractivity contribution in [1.82, 2.24) is 0 Å². The van der Waals surface area contributed by atoms with E-state index in [1.54, 1.807) is 0 Å². The normalized spacial score (nSPS) is 11.6. The molecule has 0 aliphatic carbocycles. The van der Waals surface area contributed by atoms with E-state index in [2.05, 4.69) is 0 Å². The van der Waals surface area contributed by atoms with Gasteiger partial charge in [-0.15, -0.1) is 0 Å². The van der Waals surface area contributed by atoms with Crippen molar-refractivity contribution in [3.05, 3.63) is 41.5 Å². The molecule has 1 N–H and O–H groups in total. The van der Waals surface area contributed by atoms with Gasteiger partial charge < -0.3 is 9.84 Å². The van der Waals surface area contributed by atoms with Crippen LogP contribution < -0.4 is 0 Å². The summed E-state index contributed by atoms with van der Waals surface area (Å²) in [5.74, 6) is -2.56. The summed E-state index contributed by atoms with van der Waals surface area (Å²) in [4.78, 5) is 10.5. The Balaban J connectivity index is 3.20. The third kappa shape index (κ3) is 3.13. The summed E-state index contributed by atoms with van der Waals surface area (Å²) in [5, 5.41) is 8.58. The van der Waals surface area contributed by atoms with E-state index < -0.39 is 17.6 Å². The third-order valence-corrected chi connectivity index (χ3v) is 1.87. The standard InChI is InChI=1S/C11H10F2O3/c1-16-6-7(4-11(14)15)9-5-8(12)2-3-10(9)13/h2-5H,6H2,1H3,(H,14,15)/b7-4+. The molecule has 0 saturated heterocycles. The van der Waals surface area contributed by atoms with Gasteiger partial charge in [-0.3, -0.25) is 0 Å². The lowest BCUT2D eigenvalue weighted by Crippen LogP contribution is -2.01. The molecule has 0 fully saturated rings. The van der Waals surface area contributed by atoms with Crippen molar-refractivity contribution >= 4 is 11.5 Å². The van der Waals surface area contributed by atoms with Crippen LogP contribution in [0.3, 0.4) is 0 Å². The number of rotatable bonds is 4. The van der Waals surface area contributed by atoms with E-state index in [9.17, 15) is 13.6 Å². The molecule has 0 heterocycles. The van der Waals surface area contributed by atoms with Crippen LogP contribution in [0.15, 0.2) is 24.3 Å². The molecule has 0 aromatic heterocycles. The highest BCUT2D eigenvalue weighted by molar-refractivity contribution is 5.90. The first-order valence-electron chi connectivity index (χ1n) is 4.42. The fourth-order valence-corrected chi connectivity index (χ4v) is 1.25. The summed E-state index contributed by atoms with van der Waals surface area (Å²) in [6, 6.07) is 2.84. The molecule has 0 bridgehead atoms. The number of halogens is 2. The van der Waals surface area contributed by atoms with Gasteiger partial charge in [0.15, 0.2) is 0 Å². The van der Waals surface area contributed by atoms with E-state index in [0.717, 1.165) is 24.3 Å². The molecule has 5 heteroatoms. The lowest BCUT2D eigenvalue weighted by atomic mass is 10.1. The zero-order chi connectivity index (χ0) is 12.1. The van der Waals surface area contributed by atoms with Crippen LogP contribution in [-0.2, 0) is 9.53 Å². The molecule has 1 aromatic carbocycles. The second kappa shape index (κ2) is 5.37. The van der Waals surface area contributed by atoms with Gasteiger partial charge in [-0.1, -0.05) is 0 Å².